The van der Waals surface area contributed by atoms with Crippen LogP contribution in [0.5, 0.6) is 0 Å². The van der Waals surface area contributed by atoms with Crippen molar-refractivity contribution >= 4 is 11.3 Å². The largest absolute Gasteiger partial charge is 0.372 e. The van der Waals surface area contributed by atoms with Gasteiger partial charge in [0, 0.05) is 42.9 Å². The molecule has 0 amide bonds. The van der Waals surface area contributed by atoms with Crippen molar-refractivity contribution in [3.63, 3.8) is 0 Å². The number of nitrogens with zero attached hydrogens (tertiary/aromatic N) is 3. The number of nitrogens with one attached hydrogen (secondary N) is 1. The summed E-state index contributed by atoms with van der Waals surface area (Å²) in [4.78, 5) is 7.24. The van der Waals surface area contributed by atoms with Crippen LogP contribution in [0.2, 0.25) is 0 Å². The van der Waals surface area contributed by atoms with E-state index in [0.29, 0.717) is 5.92 Å². The highest BCUT2D eigenvalue weighted by Gasteiger charge is 2.23. The predicted molar refractivity (Wildman–Crippen MR) is 88.0 cm³/mol. The first-order valence-electron chi connectivity index (χ1n) is 8.03. The molecule has 2 aromatic heterocycles. The highest BCUT2D eigenvalue weighted by atomic mass is 32.1. The molecular formula is C16H24N4OS. The topological polar surface area (TPSA) is 54.0 Å². The molecule has 2 aromatic rings. The zero-order chi connectivity index (χ0) is 15.4. The Morgan fingerprint density at radius 3 is 3.23 bits per heavy atom. The lowest BCUT2D eigenvalue weighted by Crippen LogP contribution is -2.34. The van der Waals surface area contributed by atoms with Gasteiger partial charge in [-0.15, -0.1) is 11.3 Å². The maximum Gasteiger partial charge on any atom is 0.122 e. The Kier molecular flexibility index (Phi) is 5.23. The molecule has 22 heavy (non-hydrogen) atoms. The summed E-state index contributed by atoms with van der Waals surface area (Å²) >= 11 is 1.71. The highest BCUT2D eigenvalue weighted by Crippen LogP contribution is 2.27. The van der Waals surface area contributed by atoms with E-state index in [9.17, 15) is 0 Å². The summed E-state index contributed by atoms with van der Waals surface area (Å²) in [5, 5.41) is 10.4. The van der Waals surface area contributed by atoms with E-state index < -0.39 is 0 Å². The molecule has 0 unspecified atom stereocenters. The van der Waals surface area contributed by atoms with E-state index in [4.69, 9.17) is 9.72 Å². The molecule has 0 aliphatic carbocycles. The lowest BCUT2D eigenvalue weighted by Gasteiger charge is -2.31. The van der Waals surface area contributed by atoms with Crippen molar-refractivity contribution in [2.45, 2.75) is 45.3 Å². The molecule has 0 aromatic carbocycles. The minimum Gasteiger partial charge on any atom is -0.372 e. The third-order valence-electron chi connectivity index (χ3n) is 4.19. The molecule has 120 valence electrons. The zero-order valence-electron chi connectivity index (χ0n) is 13.3. The third kappa shape index (κ3) is 3.74. The molecule has 3 rings (SSSR count). The van der Waals surface area contributed by atoms with Gasteiger partial charge in [-0.05, 0) is 39.3 Å². The summed E-state index contributed by atoms with van der Waals surface area (Å²) in [6.07, 6.45) is 4.41. The van der Waals surface area contributed by atoms with Crippen LogP contribution >= 0.6 is 11.3 Å². The lowest BCUT2D eigenvalue weighted by molar-refractivity contribution is 0.0759. The molecule has 5 nitrogen and oxygen atoms in total. The maximum atomic E-state index is 5.62. The SMILES string of the molecule is CCO[C@H](C)c1nc(CN2CCC[C@H](c3ccn[nH]3)C2)cs1. The van der Waals surface area contributed by atoms with Gasteiger partial charge in [-0.3, -0.25) is 10.00 Å². The fourth-order valence-corrected chi connectivity index (χ4v) is 3.89. The number of thiazole rings is 1. The highest BCUT2D eigenvalue weighted by molar-refractivity contribution is 7.09. The second-order valence-electron chi connectivity index (χ2n) is 5.86. The summed E-state index contributed by atoms with van der Waals surface area (Å²) in [6, 6.07) is 2.10. The smallest absolute Gasteiger partial charge is 0.122 e. The van der Waals surface area contributed by atoms with Crippen LogP contribution in [0, 0.1) is 0 Å². The second kappa shape index (κ2) is 7.35. The van der Waals surface area contributed by atoms with E-state index >= 15 is 0 Å². The fraction of sp³-hybridized carbons (Fsp3) is 0.625. The summed E-state index contributed by atoms with van der Waals surface area (Å²) in [5.74, 6) is 0.566. The second-order valence-corrected chi connectivity index (χ2v) is 6.75. The number of hydrogen-bond donors (Lipinski definition) is 1. The minimum atomic E-state index is 0.0999. The Morgan fingerprint density at radius 1 is 1.55 bits per heavy atom. The molecule has 0 radical (unpaired) electrons. The molecule has 6 heteroatoms. The number of ether oxygens (including phenoxy) is 1. The van der Waals surface area contributed by atoms with Crippen molar-refractivity contribution < 1.29 is 4.74 Å². The van der Waals surface area contributed by atoms with Crippen LogP contribution in [-0.2, 0) is 11.3 Å². The molecule has 0 bridgehead atoms. The van der Waals surface area contributed by atoms with Gasteiger partial charge in [0.2, 0.25) is 0 Å². The van der Waals surface area contributed by atoms with Crippen LogP contribution in [-0.4, -0.2) is 39.8 Å². The van der Waals surface area contributed by atoms with Crippen LogP contribution in [0.3, 0.4) is 0 Å². The Bertz CT molecular complexity index is 568. The molecule has 1 aliphatic heterocycles. The standard InChI is InChI=1S/C16H24N4OS/c1-3-21-12(2)16-18-14(11-22-16)10-20-8-4-5-13(9-20)15-6-7-17-19-15/h6-7,11-13H,3-5,8-10H2,1-2H3,(H,17,19)/t12-,13+/m1/s1. The molecule has 3 heterocycles. The number of piperidine rings is 1. The first-order valence-corrected chi connectivity index (χ1v) is 8.91. The van der Waals surface area contributed by atoms with Gasteiger partial charge in [0.1, 0.15) is 11.1 Å². The van der Waals surface area contributed by atoms with Crippen LogP contribution in [0.25, 0.3) is 0 Å². The lowest BCUT2D eigenvalue weighted by atomic mass is 9.95. The van der Waals surface area contributed by atoms with E-state index in [1.165, 1.54) is 18.5 Å². The summed E-state index contributed by atoms with van der Waals surface area (Å²) < 4.78 is 5.62. The van der Waals surface area contributed by atoms with Gasteiger partial charge >= 0.3 is 0 Å². The monoisotopic (exact) mass is 320 g/mol. The molecule has 1 saturated heterocycles. The van der Waals surface area contributed by atoms with Crippen LogP contribution in [0.1, 0.15) is 55.1 Å². The number of H-pyrrole nitrogens is 1. The van der Waals surface area contributed by atoms with Crippen molar-refractivity contribution in [1.82, 2.24) is 20.1 Å². The van der Waals surface area contributed by atoms with E-state index in [2.05, 4.69) is 33.5 Å². The Morgan fingerprint density at radius 2 is 2.45 bits per heavy atom. The minimum absolute atomic E-state index is 0.0999. The summed E-state index contributed by atoms with van der Waals surface area (Å²) in [6.45, 7) is 7.98. The number of rotatable bonds is 6. The average Bonchev–Trinajstić information content (AvgIpc) is 3.19. The maximum absolute atomic E-state index is 5.62. The Balaban J connectivity index is 1.58. The first kappa shape index (κ1) is 15.6. The van der Waals surface area contributed by atoms with Crippen molar-refractivity contribution in [2.75, 3.05) is 19.7 Å². The molecule has 0 spiro atoms. The van der Waals surface area contributed by atoms with E-state index in [1.54, 1.807) is 11.3 Å². The number of hydrogen-bond acceptors (Lipinski definition) is 5. The van der Waals surface area contributed by atoms with Crippen molar-refractivity contribution in [3.05, 3.63) is 34.0 Å². The van der Waals surface area contributed by atoms with Gasteiger partial charge in [0.05, 0.1) is 5.69 Å². The van der Waals surface area contributed by atoms with Gasteiger partial charge in [0.15, 0.2) is 0 Å². The molecular weight excluding hydrogens is 296 g/mol. The van der Waals surface area contributed by atoms with Crippen LogP contribution in [0.4, 0.5) is 0 Å². The van der Waals surface area contributed by atoms with Crippen molar-refractivity contribution in [1.29, 1.82) is 0 Å². The number of likely N-dealkylation sites (tertiary alicyclic amines) is 1. The van der Waals surface area contributed by atoms with Crippen LogP contribution < -0.4 is 0 Å². The Labute approximate surface area is 135 Å². The number of aromatic amines is 1. The normalized spacial score (nSPS) is 21.1. The quantitative estimate of drug-likeness (QED) is 0.887. The predicted octanol–water partition coefficient (Wildman–Crippen LogP) is 3.34. The number of aromatic nitrogens is 3. The van der Waals surface area contributed by atoms with Gasteiger partial charge < -0.3 is 4.74 Å². The molecule has 1 N–H and O–H groups in total. The third-order valence-corrected chi connectivity index (χ3v) is 5.24. The molecule has 1 aliphatic rings. The zero-order valence-corrected chi connectivity index (χ0v) is 14.1. The summed E-state index contributed by atoms with van der Waals surface area (Å²) in [5.41, 5.74) is 2.42. The van der Waals surface area contributed by atoms with Crippen LogP contribution in [0.15, 0.2) is 17.6 Å². The first-order chi connectivity index (χ1) is 10.8. The molecule has 0 saturated carbocycles. The van der Waals surface area contributed by atoms with E-state index in [1.807, 2.05) is 13.1 Å². The van der Waals surface area contributed by atoms with E-state index in [0.717, 1.165) is 36.9 Å². The van der Waals surface area contributed by atoms with Gasteiger partial charge in [0.25, 0.3) is 0 Å². The average molecular weight is 320 g/mol. The Hall–Kier alpha value is -1.24. The van der Waals surface area contributed by atoms with Gasteiger partial charge in [-0.25, -0.2) is 4.98 Å². The van der Waals surface area contributed by atoms with Gasteiger partial charge in [-0.2, -0.15) is 5.10 Å². The molecule has 1 fully saturated rings. The van der Waals surface area contributed by atoms with Crippen molar-refractivity contribution in [2.24, 2.45) is 0 Å². The van der Waals surface area contributed by atoms with E-state index in [-0.39, 0.29) is 6.10 Å². The van der Waals surface area contributed by atoms with Gasteiger partial charge in [-0.1, -0.05) is 0 Å². The van der Waals surface area contributed by atoms with Crippen molar-refractivity contribution in [3.8, 4) is 0 Å². The fourth-order valence-electron chi connectivity index (χ4n) is 3.08. The summed E-state index contributed by atoms with van der Waals surface area (Å²) in [7, 11) is 0. The molecule has 2 atom stereocenters.